The highest BCUT2D eigenvalue weighted by molar-refractivity contribution is 9.23. The lowest BCUT2D eigenvalue weighted by Gasteiger charge is -1.97. The highest BCUT2D eigenvalue weighted by Crippen LogP contribution is 2.06. The summed E-state index contributed by atoms with van der Waals surface area (Å²) in [5.74, 6) is 0. The molecule has 0 heterocycles. The molecule has 1 aromatic rings. The fourth-order valence-corrected chi connectivity index (χ4v) is 3.57. The van der Waals surface area contributed by atoms with Gasteiger partial charge in [-0.2, -0.15) is 0 Å². The predicted octanol–water partition coefficient (Wildman–Crippen LogP) is 5.17. The summed E-state index contributed by atoms with van der Waals surface area (Å²) in [6.45, 7) is 0. The Labute approximate surface area is 121 Å². The van der Waals surface area contributed by atoms with Gasteiger partial charge in [-0.1, -0.05) is 55.3 Å². The van der Waals surface area contributed by atoms with Gasteiger partial charge >= 0.3 is 18.2 Å². The summed E-state index contributed by atoms with van der Waals surface area (Å²) in [6, 6.07) is 10.7. The molecule has 2 heteroatoms. The van der Waals surface area contributed by atoms with E-state index in [9.17, 15) is 0 Å². The average Bonchev–Trinajstić information content (AvgIpc) is 2.38. The van der Waals surface area contributed by atoms with E-state index in [0.717, 1.165) is 0 Å². The lowest BCUT2D eigenvalue weighted by atomic mass is 10.1. The topological polar surface area (TPSA) is 0 Å². The van der Waals surface area contributed by atoms with Crippen molar-refractivity contribution in [3.63, 3.8) is 0 Å². The molecule has 0 N–H and O–H groups in total. The van der Waals surface area contributed by atoms with Crippen LogP contribution in [0.25, 0.3) is 0 Å². The van der Waals surface area contributed by atoms with E-state index in [1.807, 2.05) is 0 Å². The second-order valence-corrected chi connectivity index (χ2v) is 7.85. The molecule has 0 aliphatic heterocycles. The van der Waals surface area contributed by atoms with E-state index in [0.29, 0.717) is 0 Å². The molecule has 90 valence electrons. The van der Waals surface area contributed by atoms with Gasteiger partial charge in [0.25, 0.3) is 0 Å². The SMILES string of the molecule is [Br][Mg][CH2]CCCC/C=C/CCc1ccccc1. The highest BCUT2D eigenvalue weighted by Gasteiger charge is 1.90. The van der Waals surface area contributed by atoms with Crippen molar-refractivity contribution in [3.05, 3.63) is 48.0 Å². The first-order valence-electron chi connectivity index (χ1n) is 6.68. The molecule has 0 amide bonds. The molecule has 0 saturated carbocycles. The quantitative estimate of drug-likeness (QED) is 0.335. The van der Waals surface area contributed by atoms with Gasteiger partial charge in [-0.3, -0.25) is 0 Å². The Balaban J connectivity index is 1.96. The lowest BCUT2D eigenvalue weighted by molar-refractivity contribution is 0.727. The van der Waals surface area contributed by atoms with Gasteiger partial charge in [0.1, 0.15) is 0 Å². The molecule has 0 aromatic heterocycles. The highest BCUT2D eigenvalue weighted by atomic mass is 79.9. The second kappa shape index (κ2) is 11.3. The van der Waals surface area contributed by atoms with E-state index < -0.39 is 0 Å². The van der Waals surface area contributed by atoms with Gasteiger partial charge in [-0.05, 0) is 31.2 Å². The third-order valence-electron chi connectivity index (χ3n) is 2.86. The molecule has 1 rings (SSSR count). The molecule has 0 atom stereocenters. The second-order valence-electron chi connectivity index (χ2n) is 4.39. The molecular weight excluding hydrogens is 284 g/mol. The van der Waals surface area contributed by atoms with Gasteiger partial charge in [0.05, 0.1) is 0 Å². The molecule has 0 fully saturated rings. The Morgan fingerprint density at radius 3 is 2.47 bits per heavy atom. The van der Waals surface area contributed by atoms with Gasteiger partial charge < -0.3 is 12.9 Å². The molecule has 0 bridgehead atoms. The molecule has 0 saturated heterocycles. The number of aryl methyl sites for hydroxylation is 1. The van der Waals surface area contributed by atoms with Gasteiger partial charge in [0.15, 0.2) is 0 Å². The van der Waals surface area contributed by atoms with Crippen LogP contribution in [-0.2, 0) is 6.42 Å². The average molecular weight is 306 g/mol. The largest absolute Gasteiger partial charge is 0.468 e. The molecule has 0 nitrogen and oxygen atoms in total. The van der Waals surface area contributed by atoms with Crippen LogP contribution in [0.2, 0.25) is 4.55 Å². The van der Waals surface area contributed by atoms with Crippen molar-refractivity contribution in [1.82, 2.24) is 0 Å². The third-order valence-corrected chi connectivity index (χ3v) is 5.31. The minimum absolute atomic E-state index is 0.131. The Bertz CT molecular complexity index is 295. The standard InChI is InChI=1S/C15H21.BrH.Mg/c1-2-3-4-5-6-7-9-12-15-13-10-8-11-14-15;;/h6-8,10-11,13-14H,1-5,9,12H2;1H;/q;;+1/p-1/b7-6+;;. The third kappa shape index (κ3) is 8.87. The van der Waals surface area contributed by atoms with Crippen LogP contribution in [0, 0.1) is 0 Å². The van der Waals surface area contributed by atoms with Gasteiger partial charge in [0.2, 0.25) is 0 Å². The van der Waals surface area contributed by atoms with Crippen LogP contribution in [0.3, 0.4) is 0 Å². The smallest absolute Gasteiger partial charge is 0.307 e. The number of hydrogen-bond acceptors (Lipinski definition) is 0. The summed E-state index contributed by atoms with van der Waals surface area (Å²) in [5.41, 5.74) is 1.44. The van der Waals surface area contributed by atoms with E-state index in [2.05, 4.69) is 55.4 Å². The number of allylic oxidation sites excluding steroid dienone is 2. The zero-order valence-corrected chi connectivity index (χ0v) is 13.6. The lowest BCUT2D eigenvalue weighted by Crippen LogP contribution is -1.81. The maximum Gasteiger partial charge on any atom is 0.468 e. The summed E-state index contributed by atoms with van der Waals surface area (Å²) in [5, 5.41) is 0. The molecular formula is C15H21BrMg. The van der Waals surface area contributed by atoms with Crippen molar-refractivity contribution >= 4 is 31.1 Å². The summed E-state index contributed by atoms with van der Waals surface area (Å²) >= 11 is 3.73. The van der Waals surface area contributed by atoms with Crippen molar-refractivity contribution in [3.8, 4) is 0 Å². The molecule has 1 aromatic carbocycles. The van der Waals surface area contributed by atoms with Crippen LogP contribution in [0.4, 0.5) is 0 Å². The van der Waals surface area contributed by atoms with Crippen LogP contribution in [-0.4, -0.2) is 18.2 Å². The van der Waals surface area contributed by atoms with Crippen LogP contribution in [0.15, 0.2) is 42.5 Å². The van der Waals surface area contributed by atoms with Crippen LogP contribution in [0.1, 0.15) is 37.7 Å². The molecule has 0 aliphatic rings. The van der Waals surface area contributed by atoms with E-state index >= 15 is 0 Å². The fourth-order valence-electron chi connectivity index (χ4n) is 1.84. The summed E-state index contributed by atoms with van der Waals surface area (Å²) in [6.07, 6.45) is 12.5. The normalized spacial score (nSPS) is 10.6. The minimum atomic E-state index is 0.131. The zero-order valence-electron chi connectivity index (χ0n) is 10.6. The Hall–Kier alpha value is 0.206. The first kappa shape index (κ1) is 15.3. The van der Waals surface area contributed by atoms with Crippen molar-refractivity contribution < 1.29 is 0 Å². The summed E-state index contributed by atoms with van der Waals surface area (Å²) in [7, 11) is 0. The van der Waals surface area contributed by atoms with Crippen molar-refractivity contribution in [2.24, 2.45) is 0 Å². The first-order valence-corrected chi connectivity index (χ1v) is 11.6. The Morgan fingerprint density at radius 2 is 1.71 bits per heavy atom. The van der Waals surface area contributed by atoms with Crippen LogP contribution in [0.5, 0.6) is 0 Å². The fraction of sp³-hybridized carbons (Fsp3) is 0.467. The monoisotopic (exact) mass is 304 g/mol. The maximum absolute atomic E-state index is 3.60. The number of halogens is 1. The molecule has 0 radical (unpaired) electrons. The molecule has 0 unspecified atom stereocenters. The summed E-state index contributed by atoms with van der Waals surface area (Å²) < 4.78 is 1.46. The maximum atomic E-state index is 3.60. The molecule has 0 spiro atoms. The number of hydrogen-bond donors (Lipinski definition) is 0. The Kier molecular flexibility index (Phi) is 10.2. The van der Waals surface area contributed by atoms with Gasteiger partial charge in [-0.15, -0.1) is 4.55 Å². The van der Waals surface area contributed by atoms with Crippen LogP contribution >= 0.6 is 12.9 Å². The van der Waals surface area contributed by atoms with E-state index in [1.54, 1.807) is 0 Å². The van der Waals surface area contributed by atoms with Crippen molar-refractivity contribution in [2.75, 3.05) is 0 Å². The Morgan fingerprint density at radius 1 is 0.941 bits per heavy atom. The minimum Gasteiger partial charge on any atom is -0.307 e. The van der Waals surface area contributed by atoms with Crippen molar-refractivity contribution in [1.29, 1.82) is 0 Å². The van der Waals surface area contributed by atoms with Crippen molar-refractivity contribution in [2.45, 2.75) is 43.1 Å². The number of rotatable bonds is 9. The molecule has 0 aliphatic carbocycles. The van der Waals surface area contributed by atoms with Crippen LogP contribution < -0.4 is 0 Å². The van der Waals surface area contributed by atoms with E-state index in [-0.39, 0.29) is 18.2 Å². The van der Waals surface area contributed by atoms with Gasteiger partial charge in [-0.25, -0.2) is 0 Å². The predicted molar refractivity (Wildman–Crippen MR) is 81.9 cm³/mol. The molecule has 17 heavy (non-hydrogen) atoms. The zero-order chi connectivity index (χ0) is 12.2. The van der Waals surface area contributed by atoms with Gasteiger partial charge in [0, 0.05) is 0 Å². The number of benzene rings is 1. The number of unbranched alkanes of at least 4 members (excludes halogenated alkanes) is 3. The summed E-state index contributed by atoms with van der Waals surface area (Å²) in [4.78, 5) is 0. The van der Waals surface area contributed by atoms with E-state index in [1.165, 1.54) is 48.6 Å². The van der Waals surface area contributed by atoms with E-state index in [4.69, 9.17) is 0 Å². The first-order chi connectivity index (χ1) is 8.43.